The van der Waals surface area contributed by atoms with Crippen LogP contribution in [-0.4, -0.2) is 27.6 Å². The minimum Gasteiger partial charge on any atom is -0.507 e. The normalized spacial score (nSPS) is 17.6. The molecular weight excluding hydrogens is 246 g/mol. The summed E-state index contributed by atoms with van der Waals surface area (Å²) in [5, 5.41) is 21.6. The first-order valence-corrected chi connectivity index (χ1v) is 6.20. The lowest BCUT2D eigenvalue weighted by Gasteiger charge is -2.26. The van der Waals surface area contributed by atoms with Gasteiger partial charge in [0.25, 0.3) is 5.91 Å². The molecule has 1 unspecified atom stereocenters. The summed E-state index contributed by atoms with van der Waals surface area (Å²) in [6.07, 6.45) is 1.59. The van der Waals surface area contributed by atoms with Crippen LogP contribution in [0.3, 0.4) is 0 Å². The molecule has 0 aromatic heterocycles. The third kappa shape index (κ3) is 2.54. The zero-order valence-electron chi connectivity index (χ0n) is 10.9. The Morgan fingerprint density at radius 3 is 2.47 bits per heavy atom. The Morgan fingerprint density at radius 2 is 2.00 bits per heavy atom. The number of nitrogens with one attached hydrogen (secondary N) is 1. The molecule has 0 saturated heterocycles. The summed E-state index contributed by atoms with van der Waals surface area (Å²) >= 11 is 0. The average Bonchev–Trinajstić information content (AvgIpc) is 3.11. The van der Waals surface area contributed by atoms with Gasteiger partial charge in [-0.25, -0.2) is 4.79 Å². The highest BCUT2D eigenvalue weighted by atomic mass is 16.4. The van der Waals surface area contributed by atoms with Crippen molar-refractivity contribution in [1.29, 1.82) is 0 Å². The van der Waals surface area contributed by atoms with Crippen molar-refractivity contribution in [3.8, 4) is 5.75 Å². The highest BCUT2D eigenvalue weighted by Crippen LogP contribution is 2.40. The maximum atomic E-state index is 12.1. The van der Waals surface area contributed by atoms with Crippen LogP contribution >= 0.6 is 0 Å². The summed E-state index contributed by atoms with van der Waals surface area (Å²) in [6, 6.07) is 4.67. The molecule has 1 aromatic carbocycles. The first kappa shape index (κ1) is 13.4. The Hall–Kier alpha value is -2.04. The maximum Gasteiger partial charge on any atom is 0.329 e. The number of carbonyl (C=O) groups excluding carboxylic acids is 1. The number of carbonyl (C=O) groups is 2. The Kier molecular flexibility index (Phi) is 3.22. The summed E-state index contributed by atoms with van der Waals surface area (Å²) in [4.78, 5) is 23.4. The smallest absolute Gasteiger partial charge is 0.329 e. The van der Waals surface area contributed by atoms with Crippen molar-refractivity contribution < 1.29 is 19.8 Å². The topological polar surface area (TPSA) is 86.6 Å². The number of carboxylic acids is 1. The van der Waals surface area contributed by atoms with Gasteiger partial charge >= 0.3 is 5.97 Å². The standard InChI is InChI=1S/C14H17NO4/c1-8-3-6-10(11(16)7-8)12(17)15-14(2,13(18)19)9-4-5-9/h3,6-7,9,16H,4-5H2,1-2H3,(H,15,17)(H,18,19). The molecule has 1 fully saturated rings. The van der Waals surface area contributed by atoms with Gasteiger partial charge in [0.05, 0.1) is 5.56 Å². The number of benzene rings is 1. The summed E-state index contributed by atoms with van der Waals surface area (Å²) in [6.45, 7) is 3.31. The summed E-state index contributed by atoms with van der Waals surface area (Å²) in [5.74, 6) is -1.79. The largest absolute Gasteiger partial charge is 0.507 e. The second-order valence-corrected chi connectivity index (χ2v) is 5.26. The van der Waals surface area contributed by atoms with E-state index in [0.717, 1.165) is 18.4 Å². The third-order valence-corrected chi connectivity index (χ3v) is 3.61. The molecule has 3 N–H and O–H groups in total. The lowest BCUT2D eigenvalue weighted by Crippen LogP contribution is -2.54. The van der Waals surface area contributed by atoms with Gasteiger partial charge in [-0.2, -0.15) is 0 Å². The van der Waals surface area contributed by atoms with E-state index in [1.807, 2.05) is 0 Å². The first-order chi connectivity index (χ1) is 8.84. The zero-order chi connectivity index (χ0) is 14.2. The minimum absolute atomic E-state index is 0.0402. The van der Waals surface area contributed by atoms with Crippen LogP contribution in [0.5, 0.6) is 5.75 Å². The molecule has 1 amide bonds. The Labute approximate surface area is 111 Å². The fourth-order valence-electron chi connectivity index (χ4n) is 2.13. The highest BCUT2D eigenvalue weighted by Gasteiger charge is 2.48. The van der Waals surface area contributed by atoms with E-state index in [1.54, 1.807) is 13.0 Å². The van der Waals surface area contributed by atoms with Crippen molar-refractivity contribution in [1.82, 2.24) is 5.32 Å². The highest BCUT2D eigenvalue weighted by molar-refractivity contribution is 6.00. The van der Waals surface area contributed by atoms with Crippen LogP contribution in [0.1, 0.15) is 35.7 Å². The van der Waals surface area contributed by atoms with E-state index in [1.165, 1.54) is 19.1 Å². The van der Waals surface area contributed by atoms with E-state index in [0.29, 0.717) is 0 Å². The molecule has 2 rings (SSSR count). The Balaban J connectivity index is 2.22. The second kappa shape index (κ2) is 4.57. The molecule has 0 spiro atoms. The lowest BCUT2D eigenvalue weighted by atomic mass is 9.95. The van der Waals surface area contributed by atoms with E-state index < -0.39 is 17.4 Å². The number of rotatable bonds is 4. The number of aliphatic carboxylic acids is 1. The molecule has 19 heavy (non-hydrogen) atoms. The Morgan fingerprint density at radius 1 is 1.37 bits per heavy atom. The number of hydrogen-bond acceptors (Lipinski definition) is 3. The SMILES string of the molecule is Cc1ccc(C(=O)NC(C)(C(=O)O)C2CC2)c(O)c1. The quantitative estimate of drug-likeness (QED) is 0.771. The molecule has 0 heterocycles. The van der Waals surface area contributed by atoms with Gasteiger partial charge in [-0.15, -0.1) is 0 Å². The molecule has 0 aliphatic heterocycles. The van der Waals surface area contributed by atoms with Gasteiger partial charge in [-0.05, 0) is 50.3 Å². The van der Waals surface area contributed by atoms with Crippen molar-refractivity contribution in [3.63, 3.8) is 0 Å². The number of carboxylic acid groups (broad SMARTS) is 1. The van der Waals surface area contributed by atoms with Crippen LogP contribution in [0.25, 0.3) is 0 Å². The molecule has 5 heteroatoms. The number of aryl methyl sites for hydroxylation is 1. The summed E-state index contributed by atoms with van der Waals surface area (Å²) in [7, 11) is 0. The van der Waals surface area contributed by atoms with E-state index in [4.69, 9.17) is 0 Å². The number of phenolic OH excluding ortho intramolecular Hbond substituents is 1. The zero-order valence-corrected chi connectivity index (χ0v) is 10.9. The van der Waals surface area contributed by atoms with Gasteiger partial charge in [0.2, 0.25) is 0 Å². The molecule has 1 aliphatic rings. The van der Waals surface area contributed by atoms with Gasteiger partial charge in [-0.1, -0.05) is 6.07 Å². The van der Waals surface area contributed by atoms with Crippen molar-refractivity contribution in [2.75, 3.05) is 0 Å². The van der Waals surface area contributed by atoms with Gasteiger partial charge < -0.3 is 15.5 Å². The van der Waals surface area contributed by atoms with Gasteiger partial charge in [0, 0.05) is 0 Å². The molecule has 102 valence electrons. The molecule has 1 aromatic rings. The lowest BCUT2D eigenvalue weighted by molar-refractivity contribution is -0.144. The molecular formula is C14H17NO4. The molecule has 0 bridgehead atoms. The monoisotopic (exact) mass is 263 g/mol. The van der Waals surface area contributed by atoms with Crippen molar-refractivity contribution in [3.05, 3.63) is 29.3 Å². The maximum absolute atomic E-state index is 12.1. The van der Waals surface area contributed by atoms with Crippen LogP contribution < -0.4 is 5.32 Å². The third-order valence-electron chi connectivity index (χ3n) is 3.61. The van der Waals surface area contributed by atoms with Crippen molar-refractivity contribution in [2.24, 2.45) is 5.92 Å². The number of phenols is 1. The predicted octanol–water partition coefficient (Wildman–Crippen LogP) is 1.68. The molecule has 1 saturated carbocycles. The van der Waals surface area contributed by atoms with E-state index in [9.17, 15) is 19.8 Å². The Bertz CT molecular complexity index is 536. The van der Waals surface area contributed by atoms with Crippen LogP contribution in [0.15, 0.2) is 18.2 Å². The van der Waals surface area contributed by atoms with Gasteiger partial charge in [0.15, 0.2) is 0 Å². The second-order valence-electron chi connectivity index (χ2n) is 5.26. The van der Waals surface area contributed by atoms with Crippen LogP contribution in [0.4, 0.5) is 0 Å². The van der Waals surface area contributed by atoms with Crippen molar-refractivity contribution in [2.45, 2.75) is 32.2 Å². The molecule has 0 radical (unpaired) electrons. The first-order valence-electron chi connectivity index (χ1n) is 6.20. The minimum atomic E-state index is -1.27. The van der Waals surface area contributed by atoms with E-state index in [2.05, 4.69) is 5.32 Å². The number of aromatic hydroxyl groups is 1. The van der Waals surface area contributed by atoms with Crippen LogP contribution in [0.2, 0.25) is 0 Å². The summed E-state index contributed by atoms with van der Waals surface area (Å²) < 4.78 is 0. The van der Waals surface area contributed by atoms with E-state index >= 15 is 0 Å². The van der Waals surface area contributed by atoms with Crippen LogP contribution in [-0.2, 0) is 4.79 Å². The summed E-state index contributed by atoms with van der Waals surface area (Å²) in [5.41, 5.74) is -0.343. The van der Waals surface area contributed by atoms with E-state index in [-0.39, 0.29) is 17.2 Å². The fraction of sp³-hybridized carbons (Fsp3) is 0.429. The van der Waals surface area contributed by atoms with Gasteiger partial charge in [-0.3, -0.25) is 4.79 Å². The fourth-order valence-corrected chi connectivity index (χ4v) is 2.13. The molecule has 1 atom stereocenters. The molecule has 1 aliphatic carbocycles. The number of amides is 1. The van der Waals surface area contributed by atoms with Crippen LogP contribution in [0, 0.1) is 12.8 Å². The van der Waals surface area contributed by atoms with Crippen molar-refractivity contribution >= 4 is 11.9 Å². The van der Waals surface area contributed by atoms with Gasteiger partial charge in [0.1, 0.15) is 11.3 Å². The molecule has 5 nitrogen and oxygen atoms in total. The number of hydrogen-bond donors (Lipinski definition) is 3. The predicted molar refractivity (Wildman–Crippen MR) is 69.1 cm³/mol. The average molecular weight is 263 g/mol.